The lowest BCUT2D eigenvalue weighted by Gasteiger charge is -2.10. The molecule has 0 spiro atoms. The maximum Gasteiger partial charge on any atom is 0.335 e. The summed E-state index contributed by atoms with van der Waals surface area (Å²) >= 11 is 12.5. The highest BCUT2D eigenvalue weighted by Gasteiger charge is 2.12. The number of esters is 2. The molecule has 6 heteroatoms. The second-order valence-corrected chi connectivity index (χ2v) is 5.35. The van der Waals surface area contributed by atoms with E-state index >= 15 is 0 Å². The van der Waals surface area contributed by atoms with Crippen molar-refractivity contribution < 1.29 is 19.1 Å². The second kappa shape index (κ2) is 7.81. The van der Waals surface area contributed by atoms with Gasteiger partial charge in [-0.25, -0.2) is 9.59 Å². The summed E-state index contributed by atoms with van der Waals surface area (Å²) in [7, 11) is 0. The molecular weight excluding hydrogens is 351 g/mol. The largest absolute Gasteiger partial charge is 0.423 e. The Hall–Kier alpha value is -2.56. The summed E-state index contributed by atoms with van der Waals surface area (Å²) in [4.78, 5) is 22.4. The van der Waals surface area contributed by atoms with Crippen LogP contribution in [0, 0.1) is 0 Å². The Morgan fingerprint density at radius 2 is 1.17 bits per heavy atom. The number of rotatable bonds is 5. The molecule has 0 heterocycles. The van der Waals surface area contributed by atoms with Gasteiger partial charge in [-0.2, -0.15) is 0 Å². The Morgan fingerprint density at radius 3 is 1.46 bits per heavy atom. The van der Waals surface area contributed by atoms with E-state index in [1.807, 2.05) is 0 Å². The van der Waals surface area contributed by atoms with Gasteiger partial charge in [-0.15, -0.1) is 0 Å². The van der Waals surface area contributed by atoms with Gasteiger partial charge in [-0.05, 0) is 24.3 Å². The van der Waals surface area contributed by atoms with E-state index in [1.165, 1.54) is 12.1 Å². The van der Waals surface area contributed by atoms with Gasteiger partial charge in [-0.1, -0.05) is 36.4 Å². The lowest BCUT2D eigenvalue weighted by molar-refractivity contribution is -0.129. The Labute approximate surface area is 148 Å². The third-order valence-electron chi connectivity index (χ3n) is 2.94. The molecule has 0 saturated heterocycles. The van der Waals surface area contributed by atoms with Crippen LogP contribution in [-0.2, 0) is 9.59 Å². The van der Waals surface area contributed by atoms with Gasteiger partial charge in [0.25, 0.3) is 0 Å². The van der Waals surface area contributed by atoms with E-state index in [1.54, 1.807) is 24.3 Å². The fraction of sp³-hybridized carbons (Fsp3) is 0. The predicted octanol–water partition coefficient (Wildman–Crippen LogP) is 4.84. The molecule has 0 bridgehead atoms. The maximum atomic E-state index is 11.2. The van der Waals surface area contributed by atoms with Crippen LogP contribution in [0.4, 0.5) is 0 Å². The molecule has 0 fully saturated rings. The maximum absolute atomic E-state index is 11.2. The Bertz CT molecular complexity index is 758. The molecule has 24 heavy (non-hydrogen) atoms. The first kappa shape index (κ1) is 17.8. The molecule has 0 aliphatic heterocycles. The third-order valence-corrected chi connectivity index (χ3v) is 3.57. The summed E-state index contributed by atoms with van der Waals surface area (Å²) in [5.74, 6) is -0.571. The minimum absolute atomic E-state index is 0.293. The van der Waals surface area contributed by atoms with Gasteiger partial charge in [0.15, 0.2) is 0 Å². The zero-order chi connectivity index (χ0) is 17.7. The lowest BCUT2D eigenvalue weighted by Crippen LogP contribution is -2.03. The van der Waals surface area contributed by atoms with Crippen LogP contribution in [0.5, 0.6) is 11.5 Å². The van der Waals surface area contributed by atoms with Crippen LogP contribution in [0.15, 0.2) is 61.7 Å². The topological polar surface area (TPSA) is 52.6 Å². The number of hydrogen-bond donors (Lipinski definition) is 0. The van der Waals surface area contributed by atoms with Crippen LogP contribution in [0.3, 0.4) is 0 Å². The SMILES string of the molecule is C=CC(=O)Oc1ccc(-c2ccc(OC(=O)C=C)cc2Cl)c(Cl)c1. The summed E-state index contributed by atoms with van der Waals surface area (Å²) < 4.78 is 10.00. The van der Waals surface area contributed by atoms with Gasteiger partial charge in [0.2, 0.25) is 0 Å². The highest BCUT2D eigenvalue weighted by molar-refractivity contribution is 6.36. The number of halogens is 2. The molecule has 0 unspecified atom stereocenters. The first-order valence-corrected chi connectivity index (χ1v) is 7.48. The number of carbonyl (C=O) groups is 2. The van der Waals surface area contributed by atoms with Crippen molar-refractivity contribution in [2.24, 2.45) is 0 Å². The molecule has 2 aromatic rings. The van der Waals surface area contributed by atoms with Crippen molar-refractivity contribution in [1.29, 1.82) is 0 Å². The monoisotopic (exact) mass is 362 g/mol. The molecule has 0 aliphatic rings. The zero-order valence-corrected chi connectivity index (χ0v) is 13.9. The molecule has 0 aromatic heterocycles. The van der Waals surface area contributed by atoms with Gasteiger partial charge in [-0.3, -0.25) is 0 Å². The first-order chi connectivity index (χ1) is 11.4. The summed E-state index contributed by atoms with van der Waals surface area (Å²) in [6.45, 7) is 6.65. The highest BCUT2D eigenvalue weighted by Crippen LogP contribution is 2.37. The standard InChI is InChI=1S/C18H12Cl2O4/c1-3-17(21)23-11-5-7-13(15(19)9-11)14-8-6-12(10-16(14)20)24-18(22)4-2/h3-10H,1-2H2. The number of benzene rings is 2. The van der Waals surface area contributed by atoms with E-state index in [4.69, 9.17) is 32.7 Å². The fourth-order valence-electron chi connectivity index (χ4n) is 1.87. The number of ether oxygens (including phenoxy) is 2. The van der Waals surface area contributed by atoms with Gasteiger partial charge >= 0.3 is 11.9 Å². The van der Waals surface area contributed by atoms with Crippen LogP contribution < -0.4 is 9.47 Å². The van der Waals surface area contributed by atoms with Crippen LogP contribution >= 0.6 is 23.2 Å². The van der Waals surface area contributed by atoms with Crippen molar-refractivity contribution in [3.63, 3.8) is 0 Å². The van der Waals surface area contributed by atoms with Crippen molar-refractivity contribution in [1.82, 2.24) is 0 Å². The van der Waals surface area contributed by atoms with Crippen LogP contribution in [-0.4, -0.2) is 11.9 Å². The Balaban J connectivity index is 2.31. The molecule has 122 valence electrons. The van der Waals surface area contributed by atoms with Crippen molar-refractivity contribution >= 4 is 35.1 Å². The molecule has 0 atom stereocenters. The first-order valence-electron chi connectivity index (χ1n) is 6.72. The molecule has 2 aromatic carbocycles. The minimum atomic E-state index is -0.578. The molecule has 0 N–H and O–H groups in total. The van der Waals surface area contributed by atoms with E-state index in [0.717, 1.165) is 12.2 Å². The number of carbonyl (C=O) groups excluding carboxylic acids is 2. The third kappa shape index (κ3) is 4.25. The van der Waals surface area contributed by atoms with E-state index < -0.39 is 11.9 Å². The molecule has 0 saturated carbocycles. The molecule has 0 radical (unpaired) electrons. The van der Waals surface area contributed by atoms with Crippen molar-refractivity contribution in [2.45, 2.75) is 0 Å². The summed E-state index contributed by atoms with van der Waals surface area (Å²) in [6, 6.07) is 9.52. The van der Waals surface area contributed by atoms with Crippen molar-refractivity contribution in [3.05, 3.63) is 71.8 Å². The average Bonchev–Trinajstić information content (AvgIpc) is 2.55. The Kier molecular flexibility index (Phi) is 5.79. The molecule has 0 amide bonds. The predicted molar refractivity (Wildman–Crippen MR) is 93.6 cm³/mol. The highest BCUT2D eigenvalue weighted by atomic mass is 35.5. The van der Waals surface area contributed by atoms with Crippen LogP contribution in [0.25, 0.3) is 11.1 Å². The zero-order valence-electron chi connectivity index (χ0n) is 12.4. The fourth-order valence-corrected chi connectivity index (χ4v) is 2.42. The van der Waals surface area contributed by atoms with E-state index in [0.29, 0.717) is 32.7 Å². The quantitative estimate of drug-likeness (QED) is 0.433. The molecule has 4 nitrogen and oxygen atoms in total. The van der Waals surface area contributed by atoms with E-state index in [2.05, 4.69) is 13.2 Å². The normalized spacial score (nSPS) is 9.92. The van der Waals surface area contributed by atoms with Gasteiger partial charge in [0.05, 0.1) is 10.0 Å². The summed E-state index contributed by atoms with van der Waals surface area (Å²) in [6.07, 6.45) is 2.11. The van der Waals surface area contributed by atoms with Crippen LogP contribution in [0.1, 0.15) is 0 Å². The van der Waals surface area contributed by atoms with Gasteiger partial charge < -0.3 is 9.47 Å². The molecule has 2 rings (SSSR count). The van der Waals surface area contributed by atoms with E-state index in [-0.39, 0.29) is 0 Å². The second-order valence-electron chi connectivity index (χ2n) is 4.53. The Morgan fingerprint density at radius 1 is 0.792 bits per heavy atom. The van der Waals surface area contributed by atoms with Gasteiger partial charge in [0.1, 0.15) is 11.5 Å². The molecular formula is C18H12Cl2O4. The summed E-state index contributed by atoms with van der Waals surface area (Å²) in [5, 5.41) is 0.698. The van der Waals surface area contributed by atoms with Crippen molar-refractivity contribution in [3.8, 4) is 22.6 Å². The number of hydrogen-bond acceptors (Lipinski definition) is 4. The smallest absolute Gasteiger partial charge is 0.335 e. The minimum Gasteiger partial charge on any atom is -0.423 e. The van der Waals surface area contributed by atoms with Gasteiger partial charge in [0, 0.05) is 35.4 Å². The lowest BCUT2D eigenvalue weighted by atomic mass is 10.1. The van der Waals surface area contributed by atoms with Crippen LogP contribution in [0.2, 0.25) is 10.0 Å². The van der Waals surface area contributed by atoms with E-state index in [9.17, 15) is 9.59 Å². The molecule has 0 aliphatic carbocycles. The van der Waals surface area contributed by atoms with Crippen molar-refractivity contribution in [2.75, 3.05) is 0 Å². The summed E-state index contributed by atoms with van der Waals surface area (Å²) in [5.41, 5.74) is 1.28. The average molecular weight is 363 g/mol.